The minimum absolute atomic E-state index is 0.101. The van der Waals surface area contributed by atoms with Gasteiger partial charge in [0.05, 0.1) is 6.61 Å². The highest BCUT2D eigenvalue weighted by molar-refractivity contribution is 5.31. The molecule has 1 heterocycles. The van der Waals surface area contributed by atoms with Crippen molar-refractivity contribution >= 4 is 0 Å². The molecule has 0 radical (unpaired) electrons. The van der Waals surface area contributed by atoms with E-state index in [1.54, 1.807) is 7.11 Å². The highest BCUT2D eigenvalue weighted by Crippen LogP contribution is 2.31. The molecule has 0 amide bonds. The third-order valence-corrected chi connectivity index (χ3v) is 4.01. The van der Waals surface area contributed by atoms with E-state index in [-0.39, 0.29) is 6.04 Å². The van der Waals surface area contributed by atoms with Gasteiger partial charge in [-0.05, 0) is 30.4 Å². The quantitative estimate of drug-likeness (QED) is 0.908. The van der Waals surface area contributed by atoms with Crippen molar-refractivity contribution in [2.45, 2.75) is 37.6 Å². The van der Waals surface area contributed by atoms with E-state index in [1.807, 2.05) is 0 Å². The second kappa shape index (κ2) is 6.37. The van der Waals surface area contributed by atoms with Gasteiger partial charge in [0.1, 0.15) is 0 Å². The molecule has 0 fully saturated rings. The van der Waals surface area contributed by atoms with Crippen LogP contribution < -0.4 is 5.73 Å². The number of hydrogen-bond donors (Lipinski definition) is 1. The largest absolute Gasteiger partial charge is 0.383 e. The van der Waals surface area contributed by atoms with Crippen molar-refractivity contribution in [3.8, 4) is 0 Å². The molecule has 0 bridgehead atoms. The predicted molar refractivity (Wildman–Crippen MR) is 79.1 cm³/mol. The molecule has 0 saturated heterocycles. The van der Waals surface area contributed by atoms with Crippen LogP contribution in [-0.4, -0.2) is 29.9 Å². The summed E-state index contributed by atoms with van der Waals surface area (Å²) >= 11 is 0. The number of rotatable bonds is 5. The summed E-state index contributed by atoms with van der Waals surface area (Å²) in [7, 11) is 1.64. The van der Waals surface area contributed by atoms with Gasteiger partial charge in [-0.3, -0.25) is 0 Å². The maximum Gasteiger partial charge on any atom is 0.228 e. The molecule has 21 heavy (non-hydrogen) atoms. The Morgan fingerprint density at radius 1 is 1.38 bits per heavy atom. The summed E-state index contributed by atoms with van der Waals surface area (Å²) in [6.45, 7) is 0.495. The van der Waals surface area contributed by atoms with Crippen LogP contribution in [0.15, 0.2) is 28.8 Å². The van der Waals surface area contributed by atoms with Crippen LogP contribution in [-0.2, 0) is 24.0 Å². The fourth-order valence-corrected chi connectivity index (χ4v) is 2.93. The van der Waals surface area contributed by atoms with Crippen molar-refractivity contribution < 1.29 is 9.26 Å². The van der Waals surface area contributed by atoms with Crippen LogP contribution in [0.4, 0.5) is 0 Å². The van der Waals surface area contributed by atoms with Crippen molar-refractivity contribution in [2.75, 3.05) is 13.7 Å². The van der Waals surface area contributed by atoms with Gasteiger partial charge in [0, 0.05) is 25.5 Å². The lowest BCUT2D eigenvalue weighted by molar-refractivity contribution is 0.176. The third kappa shape index (κ3) is 3.31. The molecule has 1 aromatic heterocycles. The number of fused-ring (bicyclic) bond motifs is 1. The van der Waals surface area contributed by atoms with Crippen LogP contribution in [0, 0.1) is 0 Å². The minimum atomic E-state index is -0.101. The number of aromatic nitrogens is 2. The van der Waals surface area contributed by atoms with Gasteiger partial charge >= 0.3 is 0 Å². The Hall–Kier alpha value is -1.72. The van der Waals surface area contributed by atoms with Crippen LogP contribution in [0.3, 0.4) is 0 Å². The Labute approximate surface area is 124 Å². The van der Waals surface area contributed by atoms with Crippen LogP contribution in [0.1, 0.15) is 35.2 Å². The van der Waals surface area contributed by atoms with Gasteiger partial charge in [0.15, 0.2) is 5.82 Å². The van der Waals surface area contributed by atoms with E-state index >= 15 is 0 Å². The molecule has 0 spiro atoms. The number of hydrogen-bond acceptors (Lipinski definition) is 5. The summed E-state index contributed by atoms with van der Waals surface area (Å²) in [5.74, 6) is 1.76. The van der Waals surface area contributed by atoms with E-state index in [0.717, 1.165) is 25.1 Å². The van der Waals surface area contributed by atoms with Crippen LogP contribution in [0.5, 0.6) is 0 Å². The van der Waals surface area contributed by atoms with Gasteiger partial charge in [0.25, 0.3) is 0 Å². The number of benzene rings is 1. The number of ether oxygens (including phenoxy) is 1. The first-order valence-electron chi connectivity index (χ1n) is 7.40. The lowest BCUT2D eigenvalue weighted by Gasteiger charge is -2.21. The van der Waals surface area contributed by atoms with Gasteiger partial charge in [-0.1, -0.05) is 29.4 Å². The minimum Gasteiger partial charge on any atom is -0.383 e. The predicted octanol–water partition coefficient (Wildman–Crippen LogP) is 1.86. The van der Waals surface area contributed by atoms with Gasteiger partial charge in [-0.15, -0.1) is 0 Å². The topological polar surface area (TPSA) is 74.2 Å². The molecule has 0 saturated carbocycles. The fourth-order valence-electron chi connectivity index (χ4n) is 2.93. The summed E-state index contributed by atoms with van der Waals surface area (Å²) in [6, 6.07) is 8.49. The normalized spacial score (nSPS) is 19.2. The van der Waals surface area contributed by atoms with Gasteiger partial charge in [-0.25, -0.2) is 0 Å². The number of nitrogens with zero attached hydrogens (tertiary/aromatic N) is 2. The van der Waals surface area contributed by atoms with Crippen LogP contribution in [0.25, 0.3) is 0 Å². The van der Waals surface area contributed by atoms with Crippen molar-refractivity contribution in [2.24, 2.45) is 5.73 Å². The summed E-state index contributed by atoms with van der Waals surface area (Å²) in [6.07, 6.45) is 3.69. The first-order chi connectivity index (χ1) is 10.3. The molecule has 1 aliphatic rings. The molecule has 1 aliphatic carbocycles. The summed E-state index contributed by atoms with van der Waals surface area (Å²) < 4.78 is 10.3. The Kier molecular flexibility index (Phi) is 4.31. The summed E-state index contributed by atoms with van der Waals surface area (Å²) in [5.41, 5.74) is 8.76. The molecule has 5 nitrogen and oxygen atoms in total. The Balaban J connectivity index is 1.67. The molecule has 5 heteroatoms. The van der Waals surface area contributed by atoms with E-state index in [4.69, 9.17) is 15.0 Å². The average Bonchev–Trinajstić information content (AvgIpc) is 2.95. The number of nitrogens with two attached hydrogens (primary N) is 1. The lowest BCUT2D eigenvalue weighted by Crippen LogP contribution is -2.28. The first-order valence-corrected chi connectivity index (χ1v) is 7.40. The molecule has 0 aliphatic heterocycles. The smallest absolute Gasteiger partial charge is 0.228 e. The Morgan fingerprint density at radius 2 is 2.19 bits per heavy atom. The second-order valence-corrected chi connectivity index (χ2v) is 5.67. The number of aryl methyl sites for hydroxylation is 1. The zero-order valence-corrected chi connectivity index (χ0v) is 12.3. The monoisotopic (exact) mass is 287 g/mol. The first kappa shape index (κ1) is 14.2. The SMILES string of the molecule is COCC(N)Cc1nc(C2CCc3ccccc3C2)no1. The molecule has 2 atom stereocenters. The highest BCUT2D eigenvalue weighted by Gasteiger charge is 2.24. The molecule has 2 aromatic rings. The maximum atomic E-state index is 5.91. The van der Waals surface area contributed by atoms with Gasteiger partial charge in [0.2, 0.25) is 5.89 Å². The molecular weight excluding hydrogens is 266 g/mol. The van der Waals surface area contributed by atoms with E-state index in [0.29, 0.717) is 24.8 Å². The molecule has 112 valence electrons. The zero-order chi connectivity index (χ0) is 14.7. The molecular formula is C16H21N3O2. The third-order valence-electron chi connectivity index (χ3n) is 4.01. The molecule has 1 aromatic carbocycles. The lowest BCUT2D eigenvalue weighted by atomic mass is 9.83. The second-order valence-electron chi connectivity index (χ2n) is 5.67. The van der Waals surface area contributed by atoms with Gasteiger partial charge in [-0.2, -0.15) is 4.98 Å². The van der Waals surface area contributed by atoms with Gasteiger partial charge < -0.3 is 15.0 Å². The molecule has 3 rings (SSSR count). The summed E-state index contributed by atoms with van der Waals surface area (Å²) in [4.78, 5) is 4.52. The van der Waals surface area contributed by atoms with E-state index in [2.05, 4.69) is 34.4 Å². The Bertz CT molecular complexity index is 597. The van der Waals surface area contributed by atoms with Crippen molar-refractivity contribution in [1.82, 2.24) is 10.1 Å². The molecule has 2 N–H and O–H groups in total. The maximum absolute atomic E-state index is 5.91. The van der Waals surface area contributed by atoms with Crippen molar-refractivity contribution in [3.05, 3.63) is 47.1 Å². The zero-order valence-electron chi connectivity index (χ0n) is 12.3. The van der Waals surface area contributed by atoms with Crippen LogP contribution >= 0.6 is 0 Å². The highest BCUT2D eigenvalue weighted by atomic mass is 16.5. The fraction of sp³-hybridized carbons (Fsp3) is 0.500. The summed E-state index contributed by atoms with van der Waals surface area (Å²) in [5, 5.41) is 4.14. The standard InChI is InChI=1S/C16H21N3O2/c1-20-10-14(17)9-15-18-16(19-21-15)13-7-6-11-4-2-3-5-12(11)8-13/h2-5,13-14H,6-10,17H2,1H3. The van der Waals surface area contributed by atoms with Crippen molar-refractivity contribution in [3.63, 3.8) is 0 Å². The Morgan fingerprint density at radius 3 is 3.00 bits per heavy atom. The van der Waals surface area contributed by atoms with E-state index in [9.17, 15) is 0 Å². The van der Waals surface area contributed by atoms with E-state index in [1.165, 1.54) is 11.1 Å². The van der Waals surface area contributed by atoms with Crippen molar-refractivity contribution in [1.29, 1.82) is 0 Å². The van der Waals surface area contributed by atoms with E-state index < -0.39 is 0 Å². The average molecular weight is 287 g/mol. The number of methoxy groups -OCH3 is 1. The molecule has 2 unspecified atom stereocenters. The van der Waals surface area contributed by atoms with Crippen LogP contribution in [0.2, 0.25) is 0 Å².